The van der Waals surface area contributed by atoms with E-state index in [-0.39, 0.29) is 12.6 Å². The number of carbonyl (C=O) groups is 1. The van der Waals surface area contributed by atoms with Crippen LogP contribution < -0.4 is 5.32 Å². The molecule has 15 heavy (non-hydrogen) atoms. The van der Waals surface area contributed by atoms with E-state index in [0.717, 1.165) is 5.56 Å². The van der Waals surface area contributed by atoms with Crippen LogP contribution in [0, 0.1) is 11.3 Å². The van der Waals surface area contributed by atoms with Gasteiger partial charge in [-0.3, -0.25) is 4.79 Å². The Morgan fingerprint density at radius 2 is 2.13 bits per heavy atom. The maximum Gasteiger partial charge on any atom is 0.317 e. The SMILES string of the molecule is CC(NCC(=O)O)c1ccc(C#N)cc1. The monoisotopic (exact) mass is 204 g/mol. The van der Waals surface area contributed by atoms with Crippen molar-refractivity contribution in [2.24, 2.45) is 0 Å². The van der Waals surface area contributed by atoms with E-state index >= 15 is 0 Å². The van der Waals surface area contributed by atoms with Crippen molar-refractivity contribution in [2.75, 3.05) is 6.54 Å². The molecule has 2 N–H and O–H groups in total. The molecule has 1 atom stereocenters. The third-order valence-corrected chi connectivity index (χ3v) is 2.10. The van der Waals surface area contributed by atoms with Gasteiger partial charge in [-0.2, -0.15) is 5.26 Å². The summed E-state index contributed by atoms with van der Waals surface area (Å²) in [4.78, 5) is 10.3. The number of benzene rings is 1. The van der Waals surface area contributed by atoms with Crippen LogP contribution in [-0.4, -0.2) is 17.6 Å². The van der Waals surface area contributed by atoms with Crippen molar-refractivity contribution in [3.63, 3.8) is 0 Å². The Hall–Kier alpha value is -1.86. The van der Waals surface area contributed by atoms with Gasteiger partial charge < -0.3 is 10.4 Å². The standard InChI is InChI=1S/C11H12N2O2/c1-8(13-7-11(14)15)10-4-2-9(6-12)3-5-10/h2-5,8,13H,7H2,1H3,(H,14,15). The predicted molar refractivity (Wildman–Crippen MR) is 55.2 cm³/mol. The van der Waals surface area contributed by atoms with Gasteiger partial charge in [-0.25, -0.2) is 0 Å². The number of nitrogens with one attached hydrogen (secondary N) is 1. The molecule has 0 saturated heterocycles. The lowest BCUT2D eigenvalue weighted by molar-refractivity contribution is -0.136. The molecule has 0 heterocycles. The number of hydrogen-bond acceptors (Lipinski definition) is 3. The predicted octanol–water partition coefficient (Wildman–Crippen LogP) is 1.29. The molecule has 78 valence electrons. The molecule has 0 radical (unpaired) electrons. The quantitative estimate of drug-likeness (QED) is 0.775. The van der Waals surface area contributed by atoms with Gasteiger partial charge in [0.15, 0.2) is 0 Å². The Labute approximate surface area is 88.2 Å². The topological polar surface area (TPSA) is 73.1 Å². The smallest absolute Gasteiger partial charge is 0.317 e. The lowest BCUT2D eigenvalue weighted by Crippen LogP contribution is -2.25. The highest BCUT2D eigenvalue weighted by Crippen LogP contribution is 2.12. The molecule has 0 aromatic heterocycles. The van der Waals surface area contributed by atoms with Gasteiger partial charge in [0.1, 0.15) is 0 Å². The molecule has 0 spiro atoms. The maximum atomic E-state index is 10.3. The molecule has 0 fully saturated rings. The fourth-order valence-corrected chi connectivity index (χ4v) is 1.20. The zero-order valence-corrected chi connectivity index (χ0v) is 8.40. The van der Waals surface area contributed by atoms with E-state index in [1.165, 1.54) is 0 Å². The number of aliphatic carboxylic acids is 1. The van der Waals surface area contributed by atoms with E-state index in [1.54, 1.807) is 12.1 Å². The van der Waals surface area contributed by atoms with Crippen LogP contribution in [0.4, 0.5) is 0 Å². The van der Waals surface area contributed by atoms with Gasteiger partial charge in [0.25, 0.3) is 0 Å². The van der Waals surface area contributed by atoms with E-state index in [0.29, 0.717) is 5.56 Å². The summed E-state index contributed by atoms with van der Waals surface area (Å²) in [5.74, 6) is -0.879. The molecule has 1 unspecified atom stereocenters. The first-order chi connectivity index (χ1) is 7.13. The van der Waals surface area contributed by atoms with Gasteiger partial charge in [-0.15, -0.1) is 0 Å². The minimum Gasteiger partial charge on any atom is -0.480 e. The molecule has 0 bridgehead atoms. The summed E-state index contributed by atoms with van der Waals surface area (Å²) < 4.78 is 0. The number of nitriles is 1. The Morgan fingerprint density at radius 1 is 1.53 bits per heavy atom. The summed E-state index contributed by atoms with van der Waals surface area (Å²) in [5, 5.41) is 19.9. The van der Waals surface area contributed by atoms with Crippen LogP contribution in [-0.2, 0) is 4.79 Å². The van der Waals surface area contributed by atoms with Gasteiger partial charge in [0.05, 0.1) is 18.2 Å². The lowest BCUT2D eigenvalue weighted by Gasteiger charge is -2.12. The van der Waals surface area contributed by atoms with Crippen molar-refractivity contribution in [3.8, 4) is 6.07 Å². The highest BCUT2D eigenvalue weighted by molar-refractivity contribution is 5.69. The summed E-state index contributed by atoms with van der Waals surface area (Å²) in [6.45, 7) is 1.81. The van der Waals surface area contributed by atoms with Crippen LogP contribution in [0.25, 0.3) is 0 Å². The van der Waals surface area contributed by atoms with Gasteiger partial charge in [-0.1, -0.05) is 12.1 Å². The van der Waals surface area contributed by atoms with E-state index in [2.05, 4.69) is 5.32 Å². The third kappa shape index (κ3) is 3.41. The molecule has 0 amide bonds. The largest absolute Gasteiger partial charge is 0.480 e. The first-order valence-corrected chi connectivity index (χ1v) is 4.58. The molecule has 4 heteroatoms. The molecule has 0 saturated carbocycles. The molecule has 1 aromatic carbocycles. The minimum absolute atomic E-state index is 0.0335. The van der Waals surface area contributed by atoms with Gasteiger partial charge >= 0.3 is 5.97 Å². The fraction of sp³-hybridized carbons (Fsp3) is 0.273. The Bertz CT molecular complexity index is 379. The number of carboxylic acid groups (broad SMARTS) is 1. The molecular weight excluding hydrogens is 192 g/mol. The molecule has 4 nitrogen and oxygen atoms in total. The van der Waals surface area contributed by atoms with Crippen molar-refractivity contribution in [3.05, 3.63) is 35.4 Å². The van der Waals surface area contributed by atoms with Crippen molar-refractivity contribution in [1.82, 2.24) is 5.32 Å². The van der Waals surface area contributed by atoms with Crippen LogP contribution in [0.2, 0.25) is 0 Å². The summed E-state index contributed by atoms with van der Waals surface area (Å²) >= 11 is 0. The van der Waals surface area contributed by atoms with E-state index in [1.807, 2.05) is 25.1 Å². The van der Waals surface area contributed by atoms with Crippen LogP contribution >= 0.6 is 0 Å². The van der Waals surface area contributed by atoms with Crippen LogP contribution in [0.1, 0.15) is 24.1 Å². The van der Waals surface area contributed by atoms with Crippen molar-refractivity contribution >= 4 is 5.97 Å². The number of nitrogens with zero attached hydrogens (tertiary/aromatic N) is 1. The molecule has 0 aliphatic heterocycles. The molecular formula is C11H12N2O2. The minimum atomic E-state index is -0.879. The molecule has 1 rings (SSSR count). The molecule has 1 aromatic rings. The molecule has 0 aliphatic carbocycles. The van der Waals surface area contributed by atoms with Crippen LogP contribution in [0.5, 0.6) is 0 Å². The van der Waals surface area contributed by atoms with Crippen molar-refractivity contribution in [1.29, 1.82) is 5.26 Å². The van der Waals surface area contributed by atoms with Crippen molar-refractivity contribution < 1.29 is 9.90 Å². The van der Waals surface area contributed by atoms with Crippen LogP contribution in [0.3, 0.4) is 0 Å². The van der Waals surface area contributed by atoms with Crippen molar-refractivity contribution in [2.45, 2.75) is 13.0 Å². The zero-order chi connectivity index (χ0) is 11.3. The van der Waals surface area contributed by atoms with Gasteiger partial charge in [0.2, 0.25) is 0 Å². The number of hydrogen-bond donors (Lipinski definition) is 2. The maximum absolute atomic E-state index is 10.3. The van der Waals surface area contributed by atoms with E-state index in [4.69, 9.17) is 10.4 Å². The van der Waals surface area contributed by atoms with Gasteiger partial charge in [0, 0.05) is 6.04 Å². The van der Waals surface area contributed by atoms with E-state index < -0.39 is 5.97 Å². The zero-order valence-electron chi connectivity index (χ0n) is 8.40. The number of rotatable bonds is 4. The fourth-order valence-electron chi connectivity index (χ4n) is 1.20. The second kappa shape index (κ2) is 5.13. The summed E-state index contributed by atoms with van der Waals surface area (Å²) in [7, 11) is 0. The normalized spacial score (nSPS) is 11.7. The second-order valence-electron chi connectivity index (χ2n) is 3.23. The van der Waals surface area contributed by atoms with Crippen LogP contribution in [0.15, 0.2) is 24.3 Å². The molecule has 0 aliphatic rings. The summed E-state index contributed by atoms with van der Waals surface area (Å²) in [6, 6.07) is 9.06. The highest BCUT2D eigenvalue weighted by Gasteiger charge is 2.06. The Morgan fingerprint density at radius 3 is 2.60 bits per heavy atom. The summed E-state index contributed by atoms with van der Waals surface area (Å²) in [6.07, 6.45) is 0. The Balaban J connectivity index is 2.62. The number of carboxylic acids is 1. The van der Waals surface area contributed by atoms with E-state index in [9.17, 15) is 4.79 Å². The summed E-state index contributed by atoms with van der Waals surface area (Å²) in [5.41, 5.74) is 1.57. The first kappa shape index (κ1) is 11.2. The first-order valence-electron chi connectivity index (χ1n) is 4.58. The third-order valence-electron chi connectivity index (χ3n) is 2.10. The Kier molecular flexibility index (Phi) is 3.83. The second-order valence-corrected chi connectivity index (χ2v) is 3.23. The average molecular weight is 204 g/mol. The van der Waals surface area contributed by atoms with Gasteiger partial charge in [-0.05, 0) is 24.6 Å². The highest BCUT2D eigenvalue weighted by atomic mass is 16.4. The average Bonchev–Trinajstić information content (AvgIpc) is 2.26. The lowest BCUT2D eigenvalue weighted by atomic mass is 10.1.